The van der Waals surface area contributed by atoms with Gasteiger partial charge in [0, 0.05) is 39.3 Å². The smallest absolute Gasteiger partial charge is 0.263 e. The first kappa shape index (κ1) is 27.8. The molecule has 2 atom stereocenters. The van der Waals surface area contributed by atoms with Crippen LogP contribution in [0.3, 0.4) is 0 Å². The molecule has 3 heterocycles. The zero-order chi connectivity index (χ0) is 28.4. The van der Waals surface area contributed by atoms with Crippen molar-refractivity contribution < 1.29 is 23.6 Å². The number of amides is 4. The Labute approximate surface area is 234 Å². The predicted octanol–water partition coefficient (Wildman–Crippen LogP) is 3.95. The Morgan fingerprint density at radius 3 is 2.40 bits per heavy atom. The standard InChI is InChI=1S/C31H37FN4O4/c1-3-33(4-2)28(37)23-11-8-16-35(20-23)29(38)22-10-7-15-34(19-22)26-14-6-13-25-27(26)31(40)36(30(25)39)18-21-9-5-12-24(32)17-21/h5-6,9,12-14,17,22-23H,3-4,7-8,10-11,15-16,18-20H2,1-2H3/t22-,23+/m1/s1. The van der Waals surface area contributed by atoms with E-state index in [1.807, 2.05) is 34.6 Å². The van der Waals surface area contributed by atoms with Gasteiger partial charge in [-0.1, -0.05) is 18.2 Å². The number of halogens is 1. The Morgan fingerprint density at radius 2 is 1.65 bits per heavy atom. The average Bonchev–Trinajstić information content (AvgIpc) is 3.22. The number of hydrogen-bond acceptors (Lipinski definition) is 5. The van der Waals surface area contributed by atoms with Crippen LogP contribution >= 0.6 is 0 Å². The van der Waals surface area contributed by atoms with Crippen molar-refractivity contribution in [3.8, 4) is 0 Å². The Kier molecular flexibility index (Phi) is 8.19. The minimum atomic E-state index is -0.420. The van der Waals surface area contributed by atoms with Gasteiger partial charge in [-0.25, -0.2) is 4.39 Å². The van der Waals surface area contributed by atoms with E-state index >= 15 is 0 Å². The molecule has 3 aliphatic heterocycles. The summed E-state index contributed by atoms with van der Waals surface area (Å²) < 4.78 is 13.7. The summed E-state index contributed by atoms with van der Waals surface area (Å²) in [5, 5.41) is 0. The lowest BCUT2D eigenvalue weighted by Gasteiger charge is -2.39. The van der Waals surface area contributed by atoms with Crippen molar-refractivity contribution in [2.24, 2.45) is 11.8 Å². The molecular formula is C31H37FN4O4. The van der Waals surface area contributed by atoms with Crippen LogP contribution in [0.4, 0.5) is 10.1 Å². The topological polar surface area (TPSA) is 81.2 Å². The summed E-state index contributed by atoms with van der Waals surface area (Å²) >= 11 is 0. The molecule has 0 bridgehead atoms. The summed E-state index contributed by atoms with van der Waals surface area (Å²) in [6.07, 6.45) is 3.14. The lowest BCUT2D eigenvalue weighted by molar-refractivity contribution is -0.142. The van der Waals surface area contributed by atoms with Gasteiger partial charge in [0.15, 0.2) is 0 Å². The van der Waals surface area contributed by atoms with Crippen molar-refractivity contribution in [1.29, 1.82) is 0 Å². The van der Waals surface area contributed by atoms with Crippen LogP contribution in [0, 0.1) is 17.7 Å². The lowest BCUT2D eigenvalue weighted by Crippen LogP contribution is -2.50. The number of carbonyl (C=O) groups excluding carboxylic acids is 4. The summed E-state index contributed by atoms with van der Waals surface area (Å²) in [4.78, 5) is 60.2. The molecular weight excluding hydrogens is 511 g/mol. The third-order valence-corrected chi connectivity index (χ3v) is 8.48. The van der Waals surface area contributed by atoms with Gasteiger partial charge in [0.25, 0.3) is 11.8 Å². The van der Waals surface area contributed by atoms with E-state index in [-0.39, 0.29) is 30.2 Å². The van der Waals surface area contributed by atoms with Crippen LogP contribution in [-0.4, -0.2) is 77.6 Å². The van der Waals surface area contributed by atoms with E-state index in [0.717, 1.165) is 30.6 Å². The van der Waals surface area contributed by atoms with Gasteiger partial charge in [-0.2, -0.15) is 0 Å². The Bertz CT molecular complexity index is 1310. The molecule has 3 aliphatic rings. The van der Waals surface area contributed by atoms with E-state index in [0.29, 0.717) is 61.6 Å². The Hall–Kier alpha value is -3.75. The largest absolute Gasteiger partial charge is 0.370 e. The van der Waals surface area contributed by atoms with E-state index in [4.69, 9.17) is 0 Å². The highest BCUT2D eigenvalue weighted by Gasteiger charge is 2.40. The minimum absolute atomic E-state index is 0.00695. The van der Waals surface area contributed by atoms with Crippen molar-refractivity contribution in [3.05, 3.63) is 65.0 Å². The number of carbonyl (C=O) groups is 4. The van der Waals surface area contributed by atoms with E-state index in [1.54, 1.807) is 24.3 Å². The lowest BCUT2D eigenvalue weighted by atomic mass is 9.91. The molecule has 2 aromatic carbocycles. The molecule has 0 unspecified atom stereocenters. The van der Waals surface area contributed by atoms with Gasteiger partial charge in [0.05, 0.1) is 35.2 Å². The van der Waals surface area contributed by atoms with Crippen molar-refractivity contribution >= 4 is 29.3 Å². The maximum atomic E-state index is 13.7. The van der Waals surface area contributed by atoms with Crippen LogP contribution in [-0.2, 0) is 16.1 Å². The summed E-state index contributed by atoms with van der Waals surface area (Å²) in [7, 11) is 0. The highest BCUT2D eigenvalue weighted by molar-refractivity contribution is 6.23. The summed E-state index contributed by atoms with van der Waals surface area (Å²) in [5.74, 6) is -1.45. The second-order valence-electron chi connectivity index (χ2n) is 10.9. The second-order valence-corrected chi connectivity index (χ2v) is 10.9. The number of benzene rings is 2. The minimum Gasteiger partial charge on any atom is -0.370 e. The Balaban J connectivity index is 1.31. The monoisotopic (exact) mass is 548 g/mol. The maximum absolute atomic E-state index is 13.7. The molecule has 0 spiro atoms. The molecule has 9 heteroatoms. The number of hydrogen-bond donors (Lipinski definition) is 0. The summed E-state index contributed by atoms with van der Waals surface area (Å²) in [6.45, 7) is 7.51. The van der Waals surface area contributed by atoms with Gasteiger partial charge < -0.3 is 14.7 Å². The molecule has 2 saturated heterocycles. The van der Waals surface area contributed by atoms with Gasteiger partial charge in [0.2, 0.25) is 11.8 Å². The third-order valence-electron chi connectivity index (χ3n) is 8.48. The fourth-order valence-corrected chi connectivity index (χ4v) is 6.37. The molecule has 5 rings (SSSR count). The molecule has 0 aliphatic carbocycles. The second kappa shape index (κ2) is 11.8. The number of anilines is 1. The number of nitrogens with zero attached hydrogens (tertiary/aromatic N) is 4. The number of fused-ring (bicyclic) bond motifs is 1. The zero-order valence-corrected chi connectivity index (χ0v) is 23.3. The average molecular weight is 549 g/mol. The quantitative estimate of drug-likeness (QED) is 0.490. The molecule has 212 valence electrons. The van der Waals surface area contributed by atoms with Gasteiger partial charge in [-0.3, -0.25) is 24.1 Å². The zero-order valence-electron chi connectivity index (χ0n) is 23.3. The predicted molar refractivity (Wildman–Crippen MR) is 149 cm³/mol. The highest BCUT2D eigenvalue weighted by Crippen LogP contribution is 2.35. The SMILES string of the molecule is CCN(CC)C(=O)[C@H]1CCCN(C(=O)[C@@H]2CCCN(c3cccc4c3C(=O)N(Cc3cccc(F)c3)C4=O)C2)C1. The van der Waals surface area contributed by atoms with E-state index in [1.165, 1.54) is 12.1 Å². The molecule has 8 nitrogen and oxygen atoms in total. The van der Waals surface area contributed by atoms with Crippen molar-refractivity contribution in [2.45, 2.75) is 46.1 Å². The molecule has 2 fully saturated rings. The van der Waals surface area contributed by atoms with Gasteiger partial charge in [0.1, 0.15) is 5.82 Å². The van der Waals surface area contributed by atoms with Crippen LogP contribution in [0.2, 0.25) is 0 Å². The van der Waals surface area contributed by atoms with Crippen LogP contribution in [0.5, 0.6) is 0 Å². The molecule has 0 N–H and O–H groups in total. The fraction of sp³-hybridized carbons (Fsp3) is 0.484. The Morgan fingerprint density at radius 1 is 0.925 bits per heavy atom. The molecule has 2 aromatic rings. The number of imide groups is 1. The first-order valence-electron chi connectivity index (χ1n) is 14.4. The van der Waals surface area contributed by atoms with Crippen LogP contribution < -0.4 is 4.90 Å². The van der Waals surface area contributed by atoms with Gasteiger partial charge in [-0.15, -0.1) is 0 Å². The molecule has 0 radical (unpaired) electrons. The first-order valence-corrected chi connectivity index (χ1v) is 14.4. The van der Waals surface area contributed by atoms with Crippen molar-refractivity contribution in [2.75, 3.05) is 44.2 Å². The van der Waals surface area contributed by atoms with Crippen molar-refractivity contribution in [3.63, 3.8) is 0 Å². The maximum Gasteiger partial charge on any atom is 0.263 e. The van der Waals surface area contributed by atoms with Gasteiger partial charge in [-0.05, 0) is 69.4 Å². The first-order chi connectivity index (χ1) is 19.3. The number of rotatable bonds is 7. The third kappa shape index (κ3) is 5.33. The molecule has 40 heavy (non-hydrogen) atoms. The number of piperidine rings is 2. The van der Waals surface area contributed by atoms with E-state index < -0.39 is 17.6 Å². The highest BCUT2D eigenvalue weighted by atomic mass is 19.1. The summed E-state index contributed by atoms with van der Waals surface area (Å²) in [6, 6.07) is 11.2. The summed E-state index contributed by atoms with van der Waals surface area (Å²) in [5.41, 5.74) is 1.88. The normalized spacial score (nSPS) is 21.0. The molecule has 0 saturated carbocycles. The van der Waals surface area contributed by atoms with Crippen LogP contribution in [0.25, 0.3) is 0 Å². The van der Waals surface area contributed by atoms with Crippen LogP contribution in [0.1, 0.15) is 65.8 Å². The van der Waals surface area contributed by atoms with Gasteiger partial charge >= 0.3 is 0 Å². The number of likely N-dealkylation sites (tertiary alicyclic amines) is 1. The molecule has 4 amide bonds. The van der Waals surface area contributed by atoms with Crippen molar-refractivity contribution in [1.82, 2.24) is 14.7 Å². The van der Waals surface area contributed by atoms with E-state index in [9.17, 15) is 23.6 Å². The van der Waals surface area contributed by atoms with E-state index in [2.05, 4.69) is 0 Å². The fourth-order valence-electron chi connectivity index (χ4n) is 6.37. The molecule has 0 aromatic heterocycles. The van der Waals surface area contributed by atoms with Crippen LogP contribution in [0.15, 0.2) is 42.5 Å².